The summed E-state index contributed by atoms with van der Waals surface area (Å²) in [7, 11) is 0.700. The van der Waals surface area contributed by atoms with Crippen LogP contribution in [0.5, 0.6) is 0 Å². The van der Waals surface area contributed by atoms with Gasteiger partial charge in [-0.1, -0.05) is 68.4 Å². The van der Waals surface area contributed by atoms with Crippen molar-refractivity contribution >= 4 is 15.2 Å². The standard InChI is InChI=1S/C15H26P2/c1-10-8-15(14(5,6)7)16-9-11(10)12(17(15)16)13(2,3)4/h8,11-12H,9H2,1-7H3. The van der Waals surface area contributed by atoms with E-state index in [1.807, 2.05) is 0 Å². The normalized spacial score (nSPS) is 48.1. The Morgan fingerprint density at radius 2 is 1.76 bits per heavy atom. The Morgan fingerprint density at radius 1 is 1.18 bits per heavy atom. The van der Waals surface area contributed by atoms with E-state index in [9.17, 15) is 0 Å². The predicted octanol–water partition coefficient (Wildman–Crippen LogP) is 5.63. The Hall–Kier alpha value is 0.600. The molecule has 2 fully saturated rings. The van der Waals surface area contributed by atoms with Gasteiger partial charge in [0.15, 0.2) is 0 Å². The highest BCUT2D eigenvalue weighted by Crippen LogP contribution is 3.13. The Kier molecular flexibility index (Phi) is 2.37. The lowest BCUT2D eigenvalue weighted by atomic mass is 9.79. The van der Waals surface area contributed by atoms with Crippen LogP contribution in [0, 0.1) is 16.7 Å². The van der Waals surface area contributed by atoms with Crippen LogP contribution in [0.2, 0.25) is 0 Å². The van der Waals surface area contributed by atoms with Gasteiger partial charge in [-0.15, -0.1) is 0 Å². The van der Waals surface area contributed by atoms with Crippen molar-refractivity contribution in [2.24, 2.45) is 16.7 Å². The first-order valence-corrected chi connectivity index (χ1v) is 10.5. The summed E-state index contributed by atoms with van der Waals surface area (Å²) >= 11 is 0. The highest BCUT2D eigenvalue weighted by molar-refractivity contribution is 8.48. The zero-order valence-electron chi connectivity index (χ0n) is 12.3. The van der Waals surface area contributed by atoms with Gasteiger partial charge in [0, 0.05) is 4.90 Å². The van der Waals surface area contributed by atoms with Crippen LogP contribution in [0.4, 0.5) is 0 Å². The van der Waals surface area contributed by atoms with Crippen LogP contribution in [0.3, 0.4) is 0 Å². The molecule has 0 aliphatic carbocycles. The van der Waals surface area contributed by atoms with E-state index in [4.69, 9.17) is 0 Å². The van der Waals surface area contributed by atoms with Crippen molar-refractivity contribution in [3.8, 4) is 0 Å². The fraction of sp³-hybridized carbons (Fsp3) is 0.867. The fourth-order valence-corrected chi connectivity index (χ4v) is 19.6. The highest BCUT2D eigenvalue weighted by atomic mass is 32.1. The molecule has 2 saturated heterocycles. The van der Waals surface area contributed by atoms with Gasteiger partial charge in [-0.2, -0.15) is 0 Å². The van der Waals surface area contributed by atoms with Crippen molar-refractivity contribution in [2.75, 3.05) is 6.16 Å². The maximum atomic E-state index is 2.74. The first-order valence-electron chi connectivity index (χ1n) is 6.87. The van der Waals surface area contributed by atoms with Gasteiger partial charge in [-0.3, -0.25) is 0 Å². The molecule has 0 aromatic rings. The molecular weight excluding hydrogens is 242 g/mol. The van der Waals surface area contributed by atoms with Gasteiger partial charge in [0.05, 0.1) is 0 Å². The van der Waals surface area contributed by atoms with Crippen LogP contribution in [-0.2, 0) is 0 Å². The summed E-state index contributed by atoms with van der Waals surface area (Å²) in [5, 5.41) is 0. The molecule has 0 amide bonds. The van der Waals surface area contributed by atoms with Crippen LogP contribution >= 0.6 is 15.2 Å². The molecule has 5 atom stereocenters. The Labute approximate surface area is 109 Å². The van der Waals surface area contributed by atoms with E-state index in [1.165, 1.54) is 0 Å². The number of allylic oxidation sites excluding steroid dienone is 2. The molecule has 2 heteroatoms. The number of hydrogen-bond donors (Lipinski definition) is 0. The van der Waals surface area contributed by atoms with Crippen LogP contribution < -0.4 is 0 Å². The third kappa shape index (κ3) is 1.38. The molecule has 0 aromatic heterocycles. The fourth-order valence-electron chi connectivity index (χ4n) is 4.21. The van der Waals surface area contributed by atoms with Crippen LogP contribution in [-0.4, -0.2) is 16.7 Å². The minimum absolute atomic E-state index is 0.326. The minimum Gasteiger partial charge on any atom is -0.0719 e. The molecule has 0 radical (unpaired) electrons. The largest absolute Gasteiger partial charge is 0.0719 e. The van der Waals surface area contributed by atoms with Crippen LogP contribution in [0.25, 0.3) is 0 Å². The lowest BCUT2D eigenvalue weighted by molar-refractivity contribution is 0.323. The summed E-state index contributed by atoms with van der Waals surface area (Å²) in [5.74, 6) is 0.955. The van der Waals surface area contributed by atoms with Crippen molar-refractivity contribution in [3.05, 3.63) is 11.6 Å². The molecular formula is C15H26P2. The first kappa shape index (κ1) is 12.6. The van der Waals surface area contributed by atoms with Gasteiger partial charge in [0.1, 0.15) is 0 Å². The number of rotatable bonds is 0. The number of hydrogen-bond acceptors (Lipinski definition) is 0. The first-order chi connectivity index (χ1) is 7.61. The van der Waals surface area contributed by atoms with Gasteiger partial charge < -0.3 is 0 Å². The van der Waals surface area contributed by atoms with Crippen molar-refractivity contribution in [1.82, 2.24) is 0 Å². The highest BCUT2D eigenvalue weighted by Gasteiger charge is 2.78. The Balaban J connectivity index is 2.08. The van der Waals surface area contributed by atoms with Gasteiger partial charge in [-0.25, -0.2) is 0 Å². The second kappa shape index (κ2) is 3.19. The van der Waals surface area contributed by atoms with Crippen molar-refractivity contribution in [3.63, 3.8) is 0 Å². The summed E-state index contributed by atoms with van der Waals surface area (Å²) in [4.78, 5) is 0.675. The van der Waals surface area contributed by atoms with Gasteiger partial charge in [0.25, 0.3) is 0 Å². The summed E-state index contributed by atoms with van der Waals surface area (Å²) in [6, 6.07) is 0. The Morgan fingerprint density at radius 3 is 2.24 bits per heavy atom. The molecule has 96 valence electrons. The van der Waals surface area contributed by atoms with Crippen LogP contribution in [0.15, 0.2) is 11.6 Å². The van der Waals surface area contributed by atoms with E-state index in [0.29, 0.717) is 30.9 Å². The average molecular weight is 268 g/mol. The maximum Gasteiger partial charge on any atom is 0.0416 e. The average Bonchev–Trinajstić information content (AvgIpc) is 2.64. The summed E-state index contributed by atoms with van der Waals surface area (Å²) in [5.41, 5.74) is 3.78. The smallest absolute Gasteiger partial charge is 0.0416 e. The van der Waals surface area contributed by atoms with E-state index in [0.717, 1.165) is 11.6 Å². The van der Waals surface area contributed by atoms with Crippen LogP contribution in [0.1, 0.15) is 48.5 Å². The monoisotopic (exact) mass is 268 g/mol. The summed E-state index contributed by atoms with van der Waals surface area (Å²) in [6.07, 6.45) is 4.31. The third-order valence-electron chi connectivity index (χ3n) is 4.98. The van der Waals surface area contributed by atoms with Gasteiger partial charge in [-0.05, 0) is 35.5 Å². The SMILES string of the molecule is CC1=CC2(C(C)(C)C)P3CC1C(C(C)(C)C)P32. The second-order valence-corrected chi connectivity index (χ2v) is 15.1. The van der Waals surface area contributed by atoms with E-state index < -0.39 is 0 Å². The lowest BCUT2D eigenvalue weighted by Crippen LogP contribution is -2.41. The zero-order chi connectivity index (χ0) is 12.8. The maximum absolute atomic E-state index is 2.74. The molecule has 17 heavy (non-hydrogen) atoms. The molecule has 4 aliphatic rings. The van der Waals surface area contributed by atoms with Crippen molar-refractivity contribution in [1.29, 1.82) is 0 Å². The third-order valence-corrected chi connectivity index (χ3v) is 16.1. The van der Waals surface area contributed by atoms with Gasteiger partial charge in [0.2, 0.25) is 0 Å². The zero-order valence-corrected chi connectivity index (χ0v) is 14.1. The molecule has 4 bridgehead atoms. The van der Waals surface area contributed by atoms with Crippen molar-refractivity contribution in [2.45, 2.75) is 59.0 Å². The molecule has 4 rings (SSSR count). The molecule has 0 spiro atoms. The lowest BCUT2D eigenvalue weighted by Gasteiger charge is -2.45. The molecule has 4 heterocycles. The van der Waals surface area contributed by atoms with E-state index >= 15 is 0 Å². The minimum atomic E-state index is 0.326. The van der Waals surface area contributed by atoms with E-state index in [1.54, 1.807) is 11.7 Å². The molecule has 4 aliphatic heterocycles. The van der Waals surface area contributed by atoms with Gasteiger partial charge >= 0.3 is 0 Å². The molecule has 0 saturated carbocycles. The topological polar surface area (TPSA) is 0 Å². The van der Waals surface area contributed by atoms with E-state index in [2.05, 4.69) is 54.5 Å². The Bertz CT molecular complexity index is 396. The molecule has 0 N–H and O–H groups in total. The predicted molar refractivity (Wildman–Crippen MR) is 81.4 cm³/mol. The van der Waals surface area contributed by atoms with Crippen molar-refractivity contribution < 1.29 is 0 Å². The molecule has 0 aromatic carbocycles. The summed E-state index contributed by atoms with van der Waals surface area (Å²) < 4.78 is 0. The second-order valence-electron chi connectivity index (χ2n) is 8.21. The molecule has 5 unspecified atom stereocenters. The summed E-state index contributed by atoms with van der Waals surface area (Å²) in [6.45, 7) is 17.3. The molecule has 0 nitrogen and oxygen atoms in total. The van der Waals surface area contributed by atoms with E-state index in [-0.39, 0.29) is 0 Å². The quantitative estimate of drug-likeness (QED) is 0.395.